The molecule has 3 rings (SSSR count). The molecular weight excluding hydrogens is 300 g/mol. The van der Waals surface area contributed by atoms with Crippen molar-refractivity contribution in [2.75, 3.05) is 5.43 Å². The summed E-state index contributed by atoms with van der Waals surface area (Å²) in [5.74, 6) is 0. The van der Waals surface area contributed by atoms with Gasteiger partial charge in [0.2, 0.25) is 0 Å². The molecule has 0 saturated heterocycles. The third-order valence-electron chi connectivity index (χ3n) is 3.31. The van der Waals surface area contributed by atoms with Gasteiger partial charge in [-0.05, 0) is 55.1 Å². The molecule has 0 amide bonds. The van der Waals surface area contributed by atoms with Crippen LogP contribution in [-0.2, 0) is 0 Å². The molecule has 0 fully saturated rings. The predicted molar refractivity (Wildman–Crippen MR) is 93.8 cm³/mol. The first-order valence-corrected chi connectivity index (χ1v) is 7.88. The Bertz CT molecular complexity index is 788. The van der Waals surface area contributed by atoms with Gasteiger partial charge < -0.3 is 0 Å². The lowest BCUT2D eigenvalue weighted by Crippen LogP contribution is -1.98. The number of aryl methyl sites for hydroxylation is 1. The standard InChI is InChI=1S/C17H15ClN2S/c1-11-9-14(18)7-8-15(11)20-19-12(2)17-10-13-5-3-4-6-16(13)21-17/h3-10,20H,1-2H3/b19-12-. The average molecular weight is 315 g/mol. The van der Waals surface area contributed by atoms with E-state index in [4.69, 9.17) is 11.6 Å². The first-order valence-electron chi connectivity index (χ1n) is 6.69. The molecule has 0 aliphatic carbocycles. The van der Waals surface area contributed by atoms with Gasteiger partial charge in [0.1, 0.15) is 0 Å². The minimum Gasteiger partial charge on any atom is -0.278 e. The zero-order valence-corrected chi connectivity index (χ0v) is 13.4. The second-order valence-electron chi connectivity index (χ2n) is 4.92. The van der Waals surface area contributed by atoms with Crippen LogP contribution in [0.4, 0.5) is 5.69 Å². The van der Waals surface area contributed by atoms with E-state index >= 15 is 0 Å². The van der Waals surface area contributed by atoms with E-state index in [0.717, 1.165) is 22.0 Å². The molecule has 0 unspecified atom stereocenters. The third-order valence-corrected chi connectivity index (χ3v) is 4.77. The zero-order chi connectivity index (χ0) is 14.8. The highest BCUT2D eigenvalue weighted by Crippen LogP contribution is 2.26. The summed E-state index contributed by atoms with van der Waals surface area (Å²) in [6.45, 7) is 4.03. The van der Waals surface area contributed by atoms with Crippen LogP contribution < -0.4 is 5.43 Å². The van der Waals surface area contributed by atoms with Crippen molar-refractivity contribution in [3.63, 3.8) is 0 Å². The molecule has 0 aliphatic rings. The van der Waals surface area contributed by atoms with Gasteiger partial charge in [-0.2, -0.15) is 5.10 Å². The van der Waals surface area contributed by atoms with Crippen LogP contribution in [0.5, 0.6) is 0 Å². The fourth-order valence-electron chi connectivity index (χ4n) is 2.11. The molecule has 0 aliphatic heterocycles. The zero-order valence-electron chi connectivity index (χ0n) is 11.9. The first kappa shape index (κ1) is 14.1. The van der Waals surface area contributed by atoms with Crippen molar-refractivity contribution in [2.45, 2.75) is 13.8 Å². The fraction of sp³-hybridized carbons (Fsp3) is 0.118. The number of rotatable bonds is 3. The summed E-state index contributed by atoms with van der Waals surface area (Å²) < 4.78 is 1.28. The molecule has 21 heavy (non-hydrogen) atoms. The lowest BCUT2D eigenvalue weighted by Gasteiger charge is -2.06. The normalized spacial score (nSPS) is 11.9. The van der Waals surface area contributed by atoms with Crippen molar-refractivity contribution in [3.8, 4) is 0 Å². The summed E-state index contributed by atoms with van der Waals surface area (Å²) in [5, 5.41) is 6.48. The molecule has 4 heteroatoms. The van der Waals surface area contributed by atoms with Crippen LogP contribution >= 0.6 is 22.9 Å². The lowest BCUT2D eigenvalue weighted by atomic mass is 10.2. The number of nitrogens with zero attached hydrogens (tertiary/aromatic N) is 1. The summed E-state index contributed by atoms with van der Waals surface area (Å²) >= 11 is 7.71. The molecule has 2 nitrogen and oxygen atoms in total. The van der Waals surface area contributed by atoms with Crippen LogP contribution in [0.3, 0.4) is 0 Å². The summed E-state index contributed by atoms with van der Waals surface area (Å²) in [5.41, 5.74) is 6.15. The van der Waals surface area contributed by atoms with Crippen LogP contribution in [0.1, 0.15) is 17.4 Å². The smallest absolute Gasteiger partial charge is 0.0748 e. The molecular formula is C17H15ClN2S. The number of hydrazone groups is 1. The first-order chi connectivity index (χ1) is 10.1. The summed E-state index contributed by atoms with van der Waals surface area (Å²) in [6.07, 6.45) is 0. The van der Waals surface area contributed by atoms with Gasteiger partial charge in [0, 0.05) is 9.72 Å². The van der Waals surface area contributed by atoms with Gasteiger partial charge in [0.15, 0.2) is 0 Å². The number of fused-ring (bicyclic) bond motifs is 1. The van der Waals surface area contributed by atoms with Crippen LogP contribution in [-0.4, -0.2) is 5.71 Å². The molecule has 0 bridgehead atoms. The summed E-state index contributed by atoms with van der Waals surface area (Å²) in [7, 11) is 0. The van der Waals surface area contributed by atoms with E-state index in [2.05, 4.69) is 40.9 Å². The van der Waals surface area contributed by atoms with Crippen LogP contribution in [0.2, 0.25) is 5.02 Å². The fourth-order valence-corrected chi connectivity index (χ4v) is 3.35. The maximum Gasteiger partial charge on any atom is 0.0748 e. The van der Waals surface area contributed by atoms with Gasteiger partial charge in [-0.15, -0.1) is 11.3 Å². The minimum atomic E-state index is 0.739. The van der Waals surface area contributed by atoms with E-state index in [-0.39, 0.29) is 0 Å². The van der Waals surface area contributed by atoms with Crippen molar-refractivity contribution in [2.24, 2.45) is 5.10 Å². The highest BCUT2D eigenvalue weighted by Gasteiger charge is 2.04. The lowest BCUT2D eigenvalue weighted by molar-refractivity contribution is 1.29. The van der Waals surface area contributed by atoms with E-state index < -0.39 is 0 Å². The van der Waals surface area contributed by atoms with Gasteiger partial charge >= 0.3 is 0 Å². The van der Waals surface area contributed by atoms with Crippen LogP contribution in [0, 0.1) is 6.92 Å². The van der Waals surface area contributed by atoms with E-state index in [9.17, 15) is 0 Å². The Morgan fingerprint density at radius 1 is 1.14 bits per heavy atom. The summed E-state index contributed by atoms with van der Waals surface area (Å²) in [6, 6.07) is 16.3. The number of nitrogens with one attached hydrogen (secondary N) is 1. The Morgan fingerprint density at radius 3 is 2.71 bits per heavy atom. The molecule has 0 saturated carbocycles. The van der Waals surface area contributed by atoms with Crippen molar-refractivity contribution in [1.82, 2.24) is 0 Å². The molecule has 1 heterocycles. The van der Waals surface area contributed by atoms with Crippen LogP contribution in [0.25, 0.3) is 10.1 Å². The summed E-state index contributed by atoms with van der Waals surface area (Å²) in [4.78, 5) is 1.18. The second kappa shape index (κ2) is 5.88. The Labute approximate surface area is 133 Å². The largest absolute Gasteiger partial charge is 0.278 e. The van der Waals surface area contributed by atoms with E-state index in [1.54, 1.807) is 11.3 Å². The molecule has 1 aromatic heterocycles. The molecule has 106 valence electrons. The number of benzene rings is 2. The number of hydrogen-bond acceptors (Lipinski definition) is 3. The van der Waals surface area contributed by atoms with Crippen molar-refractivity contribution in [3.05, 3.63) is 64.0 Å². The molecule has 2 aromatic carbocycles. The third kappa shape index (κ3) is 3.09. The molecule has 1 N–H and O–H groups in total. The maximum atomic E-state index is 5.96. The van der Waals surface area contributed by atoms with Crippen molar-refractivity contribution >= 4 is 44.4 Å². The molecule has 3 aromatic rings. The maximum absolute atomic E-state index is 5.96. The highest BCUT2D eigenvalue weighted by molar-refractivity contribution is 7.20. The molecule has 0 atom stereocenters. The van der Waals surface area contributed by atoms with Crippen molar-refractivity contribution in [1.29, 1.82) is 0 Å². The van der Waals surface area contributed by atoms with Gasteiger partial charge in [-0.1, -0.05) is 29.8 Å². The van der Waals surface area contributed by atoms with Crippen molar-refractivity contribution < 1.29 is 0 Å². The Kier molecular flexibility index (Phi) is 3.95. The van der Waals surface area contributed by atoms with Gasteiger partial charge in [0.05, 0.1) is 16.3 Å². The molecule has 0 spiro atoms. The highest BCUT2D eigenvalue weighted by atomic mass is 35.5. The monoisotopic (exact) mass is 314 g/mol. The van der Waals surface area contributed by atoms with Gasteiger partial charge in [-0.25, -0.2) is 0 Å². The SMILES string of the molecule is C/C(=N/Nc1ccc(Cl)cc1C)c1cc2ccccc2s1. The minimum absolute atomic E-state index is 0.739. The number of thiophene rings is 1. The second-order valence-corrected chi connectivity index (χ2v) is 6.44. The Morgan fingerprint density at radius 2 is 1.95 bits per heavy atom. The topological polar surface area (TPSA) is 24.4 Å². The average Bonchev–Trinajstić information content (AvgIpc) is 2.90. The Balaban J connectivity index is 1.85. The number of anilines is 1. The molecule has 0 radical (unpaired) electrons. The predicted octanol–water partition coefficient (Wildman–Crippen LogP) is 5.70. The quantitative estimate of drug-likeness (QED) is 0.486. The number of halogens is 1. The van der Waals surface area contributed by atoms with Gasteiger partial charge in [0.25, 0.3) is 0 Å². The van der Waals surface area contributed by atoms with E-state index in [1.807, 2.05) is 32.0 Å². The Hall–Kier alpha value is -1.84. The van der Waals surface area contributed by atoms with E-state index in [1.165, 1.54) is 15.0 Å². The van der Waals surface area contributed by atoms with E-state index in [0.29, 0.717) is 0 Å². The van der Waals surface area contributed by atoms with Gasteiger partial charge in [-0.3, -0.25) is 5.43 Å². The van der Waals surface area contributed by atoms with Crippen LogP contribution in [0.15, 0.2) is 53.6 Å². The number of hydrogen-bond donors (Lipinski definition) is 1.